The van der Waals surface area contributed by atoms with Crippen LogP contribution in [0.2, 0.25) is 0 Å². The first kappa shape index (κ1) is 15.0. The quantitative estimate of drug-likeness (QED) is 0.765. The highest BCUT2D eigenvalue weighted by atomic mass is 16.3. The van der Waals surface area contributed by atoms with E-state index in [0.717, 1.165) is 6.54 Å². The van der Waals surface area contributed by atoms with Gasteiger partial charge in [0.05, 0.1) is 5.54 Å². The predicted octanol–water partition coefficient (Wildman–Crippen LogP) is 4.97. The molecule has 0 aliphatic carbocycles. The lowest BCUT2D eigenvalue weighted by atomic mass is 9.88. The van der Waals surface area contributed by atoms with E-state index in [9.17, 15) is 5.11 Å². The van der Waals surface area contributed by atoms with E-state index in [1.54, 1.807) is 6.07 Å². The number of anilines is 1. The van der Waals surface area contributed by atoms with E-state index in [-0.39, 0.29) is 5.54 Å². The molecule has 0 atom stereocenters. The summed E-state index contributed by atoms with van der Waals surface area (Å²) in [5, 5.41) is 9.83. The first-order valence-electron chi connectivity index (χ1n) is 7.76. The second-order valence-electron chi connectivity index (χ2n) is 6.39. The molecule has 1 aliphatic heterocycles. The number of fused-ring (bicyclic) bond motifs is 1. The number of phenols is 1. The van der Waals surface area contributed by atoms with Crippen LogP contribution in [-0.2, 0) is 0 Å². The minimum atomic E-state index is 0.0110. The molecule has 0 unspecified atom stereocenters. The number of unbranched alkanes of at least 4 members (excludes halogenated alkanes) is 3. The third-order valence-electron chi connectivity index (χ3n) is 4.20. The van der Waals surface area contributed by atoms with Gasteiger partial charge in [0.1, 0.15) is 5.75 Å². The van der Waals surface area contributed by atoms with Gasteiger partial charge in [-0.3, -0.25) is 0 Å². The van der Waals surface area contributed by atoms with E-state index in [0.29, 0.717) is 5.75 Å². The smallest absolute Gasteiger partial charge is 0.117 e. The van der Waals surface area contributed by atoms with Crippen LogP contribution in [0, 0.1) is 0 Å². The van der Waals surface area contributed by atoms with Crippen LogP contribution in [0.15, 0.2) is 24.3 Å². The molecular weight excluding hydrogens is 246 g/mol. The number of benzene rings is 1. The Hall–Kier alpha value is -1.44. The lowest BCUT2D eigenvalue weighted by molar-refractivity contribution is 0.473. The Labute approximate surface area is 123 Å². The summed E-state index contributed by atoms with van der Waals surface area (Å²) in [7, 11) is 0. The fraction of sp³-hybridized carbons (Fsp3) is 0.556. The maximum Gasteiger partial charge on any atom is 0.117 e. The Morgan fingerprint density at radius 1 is 1.15 bits per heavy atom. The predicted molar refractivity (Wildman–Crippen MR) is 87.3 cm³/mol. The van der Waals surface area contributed by atoms with Crippen LogP contribution in [0.25, 0.3) is 5.57 Å². The fourth-order valence-electron chi connectivity index (χ4n) is 3.18. The van der Waals surface area contributed by atoms with E-state index in [4.69, 9.17) is 0 Å². The molecule has 1 aromatic carbocycles. The van der Waals surface area contributed by atoms with Gasteiger partial charge in [0, 0.05) is 23.9 Å². The summed E-state index contributed by atoms with van der Waals surface area (Å²) in [6.45, 7) is 9.95. The largest absolute Gasteiger partial charge is 0.508 e. The number of phenolic OH excluding ortho intramolecular Hbond substituents is 1. The van der Waals surface area contributed by atoms with Gasteiger partial charge in [0.15, 0.2) is 0 Å². The Balaban J connectivity index is 2.27. The molecule has 1 aromatic rings. The summed E-state index contributed by atoms with van der Waals surface area (Å²) < 4.78 is 0. The molecular formula is C18H27NO. The van der Waals surface area contributed by atoms with E-state index < -0.39 is 0 Å². The van der Waals surface area contributed by atoms with Crippen LogP contribution in [0.1, 0.15) is 58.9 Å². The Morgan fingerprint density at radius 3 is 2.60 bits per heavy atom. The zero-order valence-corrected chi connectivity index (χ0v) is 13.2. The molecule has 0 bridgehead atoms. The van der Waals surface area contributed by atoms with Crippen molar-refractivity contribution < 1.29 is 5.11 Å². The number of hydrogen-bond donors (Lipinski definition) is 1. The molecule has 1 N–H and O–H groups in total. The van der Waals surface area contributed by atoms with Crippen molar-refractivity contribution in [3.63, 3.8) is 0 Å². The Bertz CT molecular complexity index is 502. The normalized spacial score (nSPS) is 16.8. The van der Waals surface area contributed by atoms with E-state index in [2.05, 4.69) is 38.7 Å². The molecule has 110 valence electrons. The van der Waals surface area contributed by atoms with E-state index >= 15 is 0 Å². The molecule has 0 amide bonds. The van der Waals surface area contributed by atoms with Crippen LogP contribution in [0.4, 0.5) is 5.69 Å². The lowest BCUT2D eigenvalue weighted by Crippen LogP contribution is -2.45. The summed E-state index contributed by atoms with van der Waals surface area (Å²) in [5.74, 6) is 0.354. The third kappa shape index (κ3) is 3.00. The Kier molecular flexibility index (Phi) is 4.42. The fourth-order valence-corrected chi connectivity index (χ4v) is 3.18. The second kappa shape index (κ2) is 5.90. The standard InChI is InChI=1S/C18H27NO/c1-5-6-7-8-11-19-17-12-15(20)9-10-16(17)14(2)13-18(19,3)4/h9-10,12-13,20H,5-8,11H2,1-4H3. The van der Waals surface area contributed by atoms with Crippen molar-refractivity contribution in [3.05, 3.63) is 29.8 Å². The average Bonchev–Trinajstić information content (AvgIpc) is 2.36. The Morgan fingerprint density at radius 2 is 1.90 bits per heavy atom. The lowest BCUT2D eigenvalue weighted by Gasteiger charge is -2.43. The zero-order valence-electron chi connectivity index (χ0n) is 13.2. The molecule has 0 radical (unpaired) electrons. The van der Waals surface area contributed by atoms with Crippen LogP contribution < -0.4 is 4.90 Å². The number of aromatic hydroxyl groups is 1. The van der Waals surface area contributed by atoms with Gasteiger partial charge in [-0.2, -0.15) is 0 Å². The van der Waals surface area contributed by atoms with Gasteiger partial charge in [-0.05, 0) is 44.9 Å². The maximum absolute atomic E-state index is 9.83. The second-order valence-corrected chi connectivity index (χ2v) is 6.39. The van der Waals surface area contributed by atoms with Crippen molar-refractivity contribution in [2.24, 2.45) is 0 Å². The molecule has 2 rings (SSSR count). The number of rotatable bonds is 5. The van der Waals surface area contributed by atoms with Crippen molar-refractivity contribution in [3.8, 4) is 5.75 Å². The number of hydrogen-bond acceptors (Lipinski definition) is 2. The molecule has 0 saturated heterocycles. The molecule has 0 aromatic heterocycles. The van der Waals surface area contributed by atoms with Gasteiger partial charge in [-0.1, -0.05) is 32.3 Å². The molecule has 0 fully saturated rings. The highest BCUT2D eigenvalue weighted by Crippen LogP contribution is 2.40. The van der Waals surface area contributed by atoms with Gasteiger partial charge in [-0.25, -0.2) is 0 Å². The van der Waals surface area contributed by atoms with Crippen molar-refractivity contribution >= 4 is 11.3 Å². The maximum atomic E-state index is 9.83. The average molecular weight is 273 g/mol. The zero-order chi connectivity index (χ0) is 14.8. The van der Waals surface area contributed by atoms with Gasteiger partial charge in [0.2, 0.25) is 0 Å². The summed E-state index contributed by atoms with van der Waals surface area (Å²) in [5.41, 5.74) is 3.73. The van der Waals surface area contributed by atoms with Crippen molar-refractivity contribution in [2.75, 3.05) is 11.4 Å². The van der Waals surface area contributed by atoms with Crippen molar-refractivity contribution in [1.29, 1.82) is 0 Å². The van der Waals surface area contributed by atoms with Crippen LogP contribution in [-0.4, -0.2) is 17.2 Å². The summed E-state index contributed by atoms with van der Waals surface area (Å²) in [6.07, 6.45) is 7.39. The molecule has 0 saturated carbocycles. The number of allylic oxidation sites excluding steroid dienone is 1. The molecule has 1 aliphatic rings. The summed E-state index contributed by atoms with van der Waals surface area (Å²) >= 11 is 0. The van der Waals surface area contributed by atoms with Gasteiger partial charge in [-0.15, -0.1) is 0 Å². The minimum absolute atomic E-state index is 0.0110. The first-order valence-corrected chi connectivity index (χ1v) is 7.76. The highest BCUT2D eigenvalue weighted by Gasteiger charge is 2.30. The molecule has 20 heavy (non-hydrogen) atoms. The van der Waals surface area contributed by atoms with E-state index in [1.165, 1.54) is 42.5 Å². The summed E-state index contributed by atoms with van der Waals surface area (Å²) in [6, 6.07) is 5.72. The van der Waals surface area contributed by atoms with Gasteiger partial charge in [0.25, 0.3) is 0 Å². The van der Waals surface area contributed by atoms with E-state index in [1.807, 2.05) is 12.1 Å². The molecule has 0 spiro atoms. The summed E-state index contributed by atoms with van der Waals surface area (Å²) in [4.78, 5) is 2.44. The monoisotopic (exact) mass is 273 g/mol. The first-order chi connectivity index (χ1) is 9.45. The molecule has 2 heteroatoms. The topological polar surface area (TPSA) is 23.5 Å². The molecule has 1 heterocycles. The van der Waals surface area contributed by atoms with Crippen LogP contribution in [0.5, 0.6) is 5.75 Å². The molecule has 2 nitrogen and oxygen atoms in total. The highest BCUT2D eigenvalue weighted by molar-refractivity contribution is 5.81. The van der Waals surface area contributed by atoms with Gasteiger partial charge >= 0.3 is 0 Å². The van der Waals surface area contributed by atoms with Gasteiger partial charge < -0.3 is 10.0 Å². The minimum Gasteiger partial charge on any atom is -0.508 e. The van der Waals surface area contributed by atoms with Crippen molar-refractivity contribution in [2.45, 2.75) is 58.9 Å². The van der Waals surface area contributed by atoms with Crippen LogP contribution >= 0.6 is 0 Å². The third-order valence-corrected chi connectivity index (χ3v) is 4.20. The number of nitrogens with zero attached hydrogens (tertiary/aromatic N) is 1. The van der Waals surface area contributed by atoms with Crippen LogP contribution in [0.3, 0.4) is 0 Å². The SMILES string of the molecule is CCCCCCN1c2cc(O)ccc2C(C)=CC1(C)C. The van der Waals surface area contributed by atoms with Crippen molar-refractivity contribution in [1.82, 2.24) is 0 Å².